The molecule has 1 unspecified atom stereocenters. The molecule has 0 aromatic heterocycles. The molecule has 2 amide bonds. The van der Waals surface area contributed by atoms with Crippen LogP contribution in [0.2, 0.25) is 10.0 Å². The normalized spacial score (nSPS) is 22.5. The average molecular weight is 606 g/mol. The molecule has 1 aliphatic carbocycles. The first-order valence-electron chi connectivity index (χ1n) is 12.6. The fourth-order valence-corrected chi connectivity index (χ4v) is 6.30. The number of benzene rings is 3. The molecule has 2 heterocycles. The Hall–Kier alpha value is -3.47. The van der Waals surface area contributed by atoms with Gasteiger partial charge in [-0.05, 0) is 60.0 Å². The zero-order valence-electron chi connectivity index (χ0n) is 21.4. The van der Waals surface area contributed by atoms with Crippen LogP contribution in [-0.2, 0) is 27.5 Å². The number of nitrogens with zero attached hydrogens (tertiary/aromatic N) is 2. The number of nitrogens with one attached hydrogen (secondary N) is 1. The SMILES string of the molecule is Cc1cc(C2=NCC3(C2)c2cc(Cl)cc(Cl)c2C3(F)F)ccc1C(=O)N[C@@H]1CON(Cc2c(F)cccc2F)C1=O. The lowest BCUT2D eigenvalue weighted by molar-refractivity contribution is -0.165. The second kappa shape index (κ2) is 9.82. The Balaban J connectivity index is 1.14. The maximum Gasteiger partial charge on any atom is 0.286 e. The molecule has 0 radical (unpaired) electrons. The highest BCUT2D eigenvalue weighted by atomic mass is 35.5. The van der Waals surface area contributed by atoms with E-state index < -0.39 is 47.4 Å². The zero-order valence-corrected chi connectivity index (χ0v) is 22.9. The quantitative estimate of drug-likeness (QED) is 0.369. The lowest BCUT2D eigenvalue weighted by atomic mass is 9.59. The van der Waals surface area contributed by atoms with E-state index in [1.807, 2.05) is 0 Å². The third-order valence-corrected chi connectivity index (χ3v) is 8.42. The molecule has 1 saturated heterocycles. The van der Waals surface area contributed by atoms with Crippen molar-refractivity contribution in [3.05, 3.63) is 104 Å². The Morgan fingerprint density at radius 2 is 1.88 bits per heavy atom. The standard InChI is InChI=1S/C29H21Cl2F4N3O3/c1-14-7-15(23-10-28(13-36-23)19-8-16(30)9-20(31)25(19)29(28,34)35)5-6-17(14)26(39)37-24-12-41-38(27(24)40)11-18-21(32)3-2-4-22(18)33/h2-9,24H,10-13H2,1H3,(H,37,39)/t24-,28?/m1/s1. The molecule has 3 aliphatic rings. The van der Waals surface area contributed by atoms with Crippen LogP contribution in [0.25, 0.3) is 0 Å². The second-order valence-electron chi connectivity index (χ2n) is 10.3. The van der Waals surface area contributed by atoms with Crippen LogP contribution in [0.15, 0.2) is 53.5 Å². The monoisotopic (exact) mass is 605 g/mol. The summed E-state index contributed by atoms with van der Waals surface area (Å²) in [6.07, 6.45) is -0.0268. The van der Waals surface area contributed by atoms with Crippen molar-refractivity contribution in [3.8, 4) is 0 Å². The number of hydrogen-bond acceptors (Lipinski definition) is 4. The van der Waals surface area contributed by atoms with Crippen molar-refractivity contribution >= 4 is 40.7 Å². The number of alkyl halides is 2. The maximum absolute atomic E-state index is 15.3. The van der Waals surface area contributed by atoms with Crippen LogP contribution < -0.4 is 5.32 Å². The number of rotatable bonds is 5. The summed E-state index contributed by atoms with van der Waals surface area (Å²) in [4.78, 5) is 35.5. The molecule has 212 valence electrons. The molecule has 6 nitrogen and oxygen atoms in total. The van der Waals surface area contributed by atoms with Gasteiger partial charge in [0, 0.05) is 33.8 Å². The first-order chi connectivity index (χ1) is 19.4. The zero-order chi connectivity index (χ0) is 29.3. The minimum absolute atomic E-state index is 0.0268. The van der Waals surface area contributed by atoms with E-state index in [0.717, 1.165) is 17.2 Å². The first-order valence-corrected chi connectivity index (χ1v) is 13.4. The van der Waals surface area contributed by atoms with Gasteiger partial charge in [-0.15, -0.1) is 0 Å². The van der Waals surface area contributed by atoms with Crippen LogP contribution in [0.5, 0.6) is 0 Å². The number of halogens is 6. The topological polar surface area (TPSA) is 71.0 Å². The van der Waals surface area contributed by atoms with Crippen molar-refractivity contribution in [2.45, 2.75) is 37.3 Å². The maximum atomic E-state index is 15.3. The summed E-state index contributed by atoms with van der Waals surface area (Å²) in [7, 11) is 0. The van der Waals surface area contributed by atoms with Crippen molar-refractivity contribution in [2.75, 3.05) is 13.2 Å². The summed E-state index contributed by atoms with van der Waals surface area (Å²) in [5, 5.41) is 3.60. The molecule has 12 heteroatoms. The van der Waals surface area contributed by atoms with E-state index in [1.165, 1.54) is 24.3 Å². The number of hydroxylamine groups is 2. The van der Waals surface area contributed by atoms with Crippen LogP contribution in [0, 0.1) is 18.6 Å². The molecule has 6 rings (SSSR count). The summed E-state index contributed by atoms with van der Waals surface area (Å²) in [6.45, 7) is 0.886. The van der Waals surface area contributed by atoms with E-state index in [0.29, 0.717) is 22.4 Å². The van der Waals surface area contributed by atoms with E-state index in [9.17, 15) is 18.4 Å². The predicted molar refractivity (Wildman–Crippen MR) is 143 cm³/mol. The third-order valence-electron chi connectivity index (χ3n) is 7.91. The minimum Gasteiger partial charge on any atom is -0.338 e. The second-order valence-corrected chi connectivity index (χ2v) is 11.2. The molecule has 3 aromatic carbocycles. The van der Waals surface area contributed by atoms with Gasteiger partial charge in [0.15, 0.2) is 0 Å². The van der Waals surface area contributed by atoms with Gasteiger partial charge in [-0.25, -0.2) is 22.6 Å². The van der Waals surface area contributed by atoms with E-state index in [1.54, 1.807) is 19.1 Å². The van der Waals surface area contributed by atoms with Gasteiger partial charge < -0.3 is 5.32 Å². The van der Waals surface area contributed by atoms with Crippen LogP contribution in [0.1, 0.15) is 44.6 Å². The van der Waals surface area contributed by atoms with Crippen LogP contribution in [0.4, 0.5) is 17.6 Å². The molecular formula is C29H21Cl2F4N3O3. The van der Waals surface area contributed by atoms with Crippen molar-refractivity contribution in [2.24, 2.45) is 4.99 Å². The van der Waals surface area contributed by atoms with E-state index >= 15 is 8.78 Å². The molecule has 1 fully saturated rings. The smallest absolute Gasteiger partial charge is 0.286 e. The minimum atomic E-state index is -3.17. The Kier molecular flexibility index (Phi) is 6.63. The summed E-state index contributed by atoms with van der Waals surface area (Å²) >= 11 is 12.2. The summed E-state index contributed by atoms with van der Waals surface area (Å²) < 4.78 is 58.6. The number of fused-ring (bicyclic) bond motifs is 2. The fourth-order valence-electron chi connectivity index (χ4n) is 5.69. The Morgan fingerprint density at radius 1 is 1.15 bits per heavy atom. The Labute approximate surface area is 241 Å². The van der Waals surface area contributed by atoms with E-state index in [4.69, 9.17) is 28.0 Å². The molecule has 1 spiro atoms. The number of aliphatic imine (C=N–C) groups is 1. The first kappa shape index (κ1) is 27.7. The van der Waals surface area contributed by atoms with Crippen LogP contribution >= 0.6 is 23.2 Å². The van der Waals surface area contributed by atoms with E-state index in [-0.39, 0.29) is 46.3 Å². The van der Waals surface area contributed by atoms with Gasteiger partial charge in [0.1, 0.15) is 24.3 Å². The van der Waals surface area contributed by atoms with Gasteiger partial charge in [0.25, 0.3) is 17.7 Å². The average Bonchev–Trinajstić information content (AvgIpc) is 3.52. The van der Waals surface area contributed by atoms with Crippen molar-refractivity contribution in [3.63, 3.8) is 0 Å². The van der Waals surface area contributed by atoms with Gasteiger partial charge >= 0.3 is 0 Å². The molecule has 3 aromatic rings. The molecule has 2 aliphatic heterocycles. The molecule has 41 heavy (non-hydrogen) atoms. The lowest BCUT2D eigenvalue weighted by Gasteiger charge is -2.48. The third kappa shape index (κ3) is 4.31. The number of amides is 2. The van der Waals surface area contributed by atoms with Crippen molar-refractivity contribution in [1.82, 2.24) is 10.4 Å². The van der Waals surface area contributed by atoms with Crippen LogP contribution in [-0.4, -0.2) is 41.8 Å². The van der Waals surface area contributed by atoms with Crippen molar-refractivity contribution < 1.29 is 32.0 Å². The molecular weight excluding hydrogens is 585 g/mol. The molecule has 0 saturated carbocycles. The number of hydrogen-bond donors (Lipinski definition) is 1. The number of aryl methyl sites for hydroxylation is 1. The van der Waals surface area contributed by atoms with Gasteiger partial charge in [-0.1, -0.05) is 35.3 Å². The Morgan fingerprint density at radius 3 is 2.59 bits per heavy atom. The summed E-state index contributed by atoms with van der Waals surface area (Å²) in [6, 6.07) is 9.93. The van der Waals surface area contributed by atoms with Gasteiger partial charge in [0.05, 0.1) is 23.5 Å². The largest absolute Gasteiger partial charge is 0.338 e. The van der Waals surface area contributed by atoms with Crippen LogP contribution in [0.3, 0.4) is 0 Å². The highest BCUT2D eigenvalue weighted by molar-refractivity contribution is 6.35. The molecule has 1 N–H and O–H groups in total. The Bertz CT molecular complexity index is 1640. The summed E-state index contributed by atoms with van der Waals surface area (Å²) in [5.41, 5.74) is 0.163. The fraction of sp³-hybridized carbons (Fsp3) is 0.276. The number of carbonyl (C=O) groups excluding carboxylic acids is 2. The van der Waals surface area contributed by atoms with Crippen molar-refractivity contribution in [1.29, 1.82) is 0 Å². The van der Waals surface area contributed by atoms with Gasteiger partial charge in [-0.3, -0.25) is 19.4 Å². The highest BCUT2D eigenvalue weighted by Crippen LogP contribution is 2.64. The van der Waals surface area contributed by atoms with Gasteiger partial charge in [-0.2, -0.15) is 0 Å². The van der Waals surface area contributed by atoms with E-state index in [2.05, 4.69) is 10.3 Å². The predicted octanol–water partition coefficient (Wildman–Crippen LogP) is 5.89. The highest BCUT2D eigenvalue weighted by Gasteiger charge is 2.68. The number of carbonyl (C=O) groups is 2. The molecule has 0 bridgehead atoms. The summed E-state index contributed by atoms with van der Waals surface area (Å²) in [5.74, 6) is -6.03. The lowest BCUT2D eigenvalue weighted by Crippen LogP contribution is -2.54. The van der Waals surface area contributed by atoms with Gasteiger partial charge in [0.2, 0.25) is 0 Å². The molecule has 2 atom stereocenters.